The number of aromatic nitrogens is 1. The molecule has 0 fully saturated rings. The summed E-state index contributed by atoms with van der Waals surface area (Å²) in [5, 5.41) is 3.52. The lowest BCUT2D eigenvalue weighted by atomic mass is 10.0. The molecular weight excluding hydrogens is 239 g/mol. The third-order valence-electron chi connectivity index (χ3n) is 3.29. The number of nitrogens with one attached hydrogen (secondary N) is 1. The zero-order chi connectivity index (χ0) is 13.7. The smallest absolute Gasteiger partial charge is 0.123 e. The monoisotopic (exact) mass is 258 g/mol. The van der Waals surface area contributed by atoms with Crippen molar-refractivity contribution in [3.63, 3.8) is 0 Å². The molecule has 1 aromatic heterocycles. The molecule has 1 N–H and O–H groups in total. The molecule has 0 aliphatic carbocycles. The average Bonchev–Trinajstić information content (AvgIpc) is 2.45. The van der Waals surface area contributed by atoms with Crippen molar-refractivity contribution in [2.45, 2.75) is 32.4 Å². The molecule has 1 unspecified atom stereocenters. The molecule has 1 aromatic carbocycles. The van der Waals surface area contributed by atoms with Crippen molar-refractivity contribution < 1.29 is 4.39 Å². The van der Waals surface area contributed by atoms with E-state index in [1.165, 1.54) is 6.07 Å². The first kappa shape index (κ1) is 13.7. The van der Waals surface area contributed by atoms with Gasteiger partial charge in [0, 0.05) is 24.5 Å². The normalized spacial score (nSPS) is 14.1. The number of halogens is 1. The van der Waals surface area contributed by atoms with Gasteiger partial charge in [0.1, 0.15) is 5.82 Å². The van der Waals surface area contributed by atoms with Crippen LogP contribution >= 0.6 is 0 Å². The van der Waals surface area contributed by atoms with Crippen LogP contribution in [0.15, 0.2) is 48.8 Å². The van der Waals surface area contributed by atoms with Crippen LogP contribution < -0.4 is 5.32 Å². The fraction of sp³-hybridized carbons (Fsp3) is 0.312. The summed E-state index contributed by atoms with van der Waals surface area (Å²) in [6.45, 7) is 4.19. The Kier molecular flexibility index (Phi) is 4.63. The van der Waals surface area contributed by atoms with Crippen LogP contribution in [0, 0.1) is 5.82 Å². The van der Waals surface area contributed by atoms with E-state index in [0.717, 1.165) is 17.5 Å². The Labute approximate surface area is 113 Å². The van der Waals surface area contributed by atoms with Crippen LogP contribution in [-0.4, -0.2) is 4.98 Å². The van der Waals surface area contributed by atoms with Crippen LogP contribution in [0.4, 0.5) is 4.39 Å². The highest BCUT2D eigenvalue weighted by Crippen LogP contribution is 2.22. The van der Waals surface area contributed by atoms with E-state index in [-0.39, 0.29) is 17.9 Å². The van der Waals surface area contributed by atoms with Gasteiger partial charge in [-0.15, -0.1) is 0 Å². The minimum atomic E-state index is -0.188. The van der Waals surface area contributed by atoms with E-state index in [4.69, 9.17) is 0 Å². The Morgan fingerprint density at radius 3 is 2.63 bits per heavy atom. The minimum absolute atomic E-state index is 0.144. The second kappa shape index (κ2) is 6.43. The zero-order valence-corrected chi connectivity index (χ0v) is 11.3. The van der Waals surface area contributed by atoms with E-state index >= 15 is 0 Å². The van der Waals surface area contributed by atoms with Crippen molar-refractivity contribution in [3.8, 4) is 0 Å². The van der Waals surface area contributed by atoms with Crippen LogP contribution in [0.1, 0.15) is 43.5 Å². The van der Waals surface area contributed by atoms with Gasteiger partial charge in [-0.3, -0.25) is 4.98 Å². The summed E-state index contributed by atoms with van der Waals surface area (Å²) in [6.07, 6.45) is 4.53. The summed E-state index contributed by atoms with van der Waals surface area (Å²) < 4.78 is 13.3. The quantitative estimate of drug-likeness (QED) is 0.876. The summed E-state index contributed by atoms with van der Waals surface area (Å²) in [5.74, 6) is -0.188. The minimum Gasteiger partial charge on any atom is -0.303 e. The number of hydrogen-bond donors (Lipinski definition) is 1. The zero-order valence-electron chi connectivity index (χ0n) is 11.3. The lowest BCUT2D eigenvalue weighted by molar-refractivity contribution is 0.453. The Hall–Kier alpha value is -1.74. The molecule has 100 valence electrons. The summed E-state index contributed by atoms with van der Waals surface area (Å²) in [7, 11) is 0. The van der Waals surface area contributed by atoms with E-state index in [9.17, 15) is 4.39 Å². The van der Waals surface area contributed by atoms with Crippen LogP contribution in [0.25, 0.3) is 0 Å². The highest BCUT2D eigenvalue weighted by Gasteiger charge is 2.14. The molecule has 0 amide bonds. The fourth-order valence-corrected chi connectivity index (χ4v) is 2.20. The lowest BCUT2D eigenvalue weighted by Crippen LogP contribution is -2.24. The Morgan fingerprint density at radius 2 is 2.00 bits per heavy atom. The standard InChI is InChI=1S/C16H19FN2/c1-3-16(13-6-4-8-15(17)10-13)19-12(2)14-7-5-9-18-11-14/h4-12,16,19H,3H2,1-2H3/t12-,16?/m1/s1. The number of hydrogen-bond acceptors (Lipinski definition) is 2. The van der Waals surface area contributed by atoms with Gasteiger partial charge in [-0.05, 0) is 42.7 Å². The molecule has 0 saturated heterocycles. The van der Waals surface area contributed by atoms with E-state index < -0.39 is 0 Å². The third-order valence-corrected chi connectivity index (χ3v) is 3.29. The molecule has 2 atom stereocenters. The highest BCUT2D eigenvalue weighted by molar-refractivity contribution is 5.21. The van der Waals surface area contributed by atoms with Crippen molar-refractivity contribution in [3.05, 3.63) is 65.7 Å². The predicted molar refractivity (Wildman–Crippen MR) is 75.2 cm³/mol. The second-order valence-corrected chi connectivity index (χ2v) is 4.69. The largest absolute Gasteiger partial charge is 0.303 e. The number of benzene rings is 1. The highest BCUT2D eigenvalue weighted by atomic mass is 19.1. The Balaban J connectivity index is 2.11. The second-order valence-electron chi connectivity index (χ2n) is 4.69. The first-order valence-electron chi connectivity index (χ1n) is 6.62. The number of rotatable bonds is 5. The summed E-state index contributed by atoms with van der Waals surface area (Å²) in [6, 6.07) is 11.1. The molecular formula is C16H19FN2. The predicted octanol–water partition coefficient (Wildman–Crippen LogP) is 4.02. The molecule has 1 heterocycles. The van der Waals surface area contributed by atoms with Gasteiger partial charge in [0.15, 0.2) is 0 Å². The topological polar surface area (TPSA) is 24.9 Å². The van der Waals surface area contributed by atoms with Gasteiger partial charge in [-0.25, -0.2) is 4.39 Å². The van der Waals surface area contributed by atoms with Crippen LogP contribution in [0.5, 0.6) is 0 Å². The molecule has 0 aliphatic rings. The molecule has 0 saturated carbocycles. The van der Waals surface area contributed by atoms with Crippen molar-refractivity contribution in [1.29, 1.82) is 0 Å². The van der Waals surface area contributed by atoms with E-state index in [0.29, 0.717) is 0 Å². The van der Waals surface area contributed by atoms with Gasteiger partial charge >= 0.3 is 0 Å². The van der Waals surface area contributed by atoms with Gasteiger partial charge in [0.05, 0.1) is 0 Å². The Morgan fingerprint density at radius 1 is 1.21 bits per heavy atom. The number of nitrogens with zero attached hydrogens (tertiary/aromatic N) is 1. The average molecular weight is 258 g/mol. The van der Waals surface area contributed by atoms with Crippen molar-refractivity contribution >= 4 is 0 Å². The first-order valence-corrected chi connectivity index (χ1v) is 6.62. The SMILES string of the molecule is CCC(N[C@H](C)c1cccnc1)c1cccc(F)c1. The number of pyridine rings is 1. The molecule has 2 nitrogen and oxygen atoms in total. The fourth-order valence-electron chi connectivity index (χ4n) is 2.20. The summed E-state index contributed by atoms with van der Waals surface area (Å²) >= 11 is 0. The third kappa shape index (κ3) is 3.61. The van der Waals surface area contributed by atoms with Gasteiger partial charge in [-0.1, -0.05) is 25.1 Å². The van der Waals surface area contributed by atoms with Crippen molar-refractivity contribution in [2.75, 3.05) is 0 Å². The Bertz CT molecular complexity index is 513. The van der Waals surface area contributed by atoms with E-state index in [1.54, 1.807) is 18.3 Å². The maximum atomic E-state index is 13.3. The van der Waals surface area contributed by atoms with Gasteiger partial charge in [0.2, 0.25) is 0 Å². The van der Waals surface area contributed by atoms with Gasteiger partial charge in [-0.2, -0.15) is 0 Å². The molecule has 2 aromatic rings. The lowest BCUT2D eigenvalue weighted by Gasteiger charge is -2.23. The molecule has 0 aliphatic heterocycles. The van der Waals surface area contributed by atoms with Crippen molar-refractivity contribution in [2.24, 2.45) is 0 Å². The molecule has 0 bridgehead atoms. The maximum Gasteiger partial charge on any atom is 0.123 e. The first-order chi connectivity index (χ1) is 9.20. The van der Waals surface area contributed by atoms with Crippen LogP contribution in [-0.2, 0) is 0 Å². The maximum absolute atomic E-state index is 13.3. The molecule has 2 rings (SSSR count). The summed E-state index contributed by atoms with van der Waals surface area (Å²) in [5.41, 5.74) is 2.12. The molecule has 3 heteroatoms. The van der Waals surface area contributed by atoms with Crippen LogP contribution in [0.2, 0.25) is 0 Å². The van der Waals surface area contributed by atoms with Crippen molar-refractivity contribution in [1.82, 2.24) is 10.3 Å². The summed E-state index contributed by atoms with van der Waals surface area (Å²) in [4.78, 5) is 4.13. The molecule has 19 heavy (non-hydrogen) atoms. The molecule has 0 spiro atoms. The van der Waals surface area contributed by atoms with E-state index in [2.05, 4.69) is 24.1 Å². The van der Waals surface area contributed by atoms with Gasteiger partial charge in [0.25, 0.3) is 0 Å². The molecule has 0 radical (unpaired) electrons. The van der Waals surface area contributed by atoms with Crippen LogP contribution in [0.3, 0.4) is 0 Å². The van der Waals surface area contributed by atoms with E-state index in [1.807, 2.05) is 24.4 Å². The van der Waals surface area contributed by atoms with Gasteiger partial charge < -0.3 is 5.32 Å².